The van der Waals surface area contributed by atoms with Gasteiger partial charge in [0.1, 0.15) is 18.0 Å². The highest BCUT2D eigenvalue weighted by atomic mass is 16.3. The smallest absolute Gasteiger partial charge is 0.133 e. The maximum atomic E-state index is 8.78. The minimum absolute atomic E-state index is 0.108. The summed E-state index contributed by atoms with van der Waals surface area (Å²) in [6, 6.07) is 1.94. The molecule has 0 atom stereocenters. The number of aromatic nitrogens is 2. The minimum Gasteiger partial charge on any atom is -0.395 e. The van der Waals surface area contributed by atoms with Gasteiger partial charge in [0.05, 0.1) is 6.61 Å². The van der Waals surface area contributed by atoms with Crippen molar-refractivity contribution >= 4 is 11.6 Å². The van der Waals surface area contributed by atoms with Gasteiger partial charge < -0.3 is 15.3 Å². The Kier molecular flexibility index (Phi) is 4.75. The number of rotatable bonds is 6. The molecule has 1 aromatic heterocycles. The molecule has 2 N–H and O–H groups in total. The van der Waals surface area contributed by atoms with Gasteiger partial charge in [-0.05, 0) is 18.8 Å². The summed E-state index contributed by atoms with van der Waals surface area (Å²) in [5, 5.41) is 11.8. The van der Waals surface area contributed by atoms with E-state index in [2.05, 4.69) is 27.2 Å². The van der Waals surface area contributed by atoms with Crippen LogP contribution in [0.3, 0.4) is 0 Å². The van der Waals surface area contributed by atoms with Crippen molar-refractivity contribution in [2.75, 3.05) is 37.0 Å². The zero-order chi connectivity index (χ0) is 12.8. The first-order valence-electron chi connectivity index (χ1n) is 6.67. The van der Waals surface area contributed by atoms with Crippen molar-refractivity contribution in [1.29, 1.82) is 0 Å². The van der Waals surface area contributed by atoms with Crippen LogP contribution in [0.15, 0.2) is 12.4 Å². The lowest BCUT2D eigenvalue weighted by Crippen LogP contribution is -2.25. The van der Waals surface area contributed by atoms with E-state index < -0.39 is 0 Å². The van der Waals surface area contributed by atoms with Crippen LogP contribution in [-0.2, 0) is 0 Å². The lowest BCUT2D eigenvalue weighted by Gasteiger charge is -2.22. The molecule has 0 unspecified atom stereocenters. The van der Waals surface area contributed by atoms with E-state index in [1.54, 1.807) is 6.33 Å². The first kappa shape index (κ1) is 13.1. The predicted molar refractivity (Wildman–Crippen MR) is 72.8 cm³/mol. The third-order valence-corrected chi connectivity index (χ3v) is 3.47. The number of nitrogens with one attached hydrogen (secondary N) is 1. The zero-order valence-electron chi connectivity index (χ0n) is 11.0. The van der Waals surface area contributed by atoms with Crippen molar-refractivity contribution in [1.82, 2.24) is 9.97 Å². The summed E-state index contributed by atoms with van der Waals surface area (Å²) in [5.74, 6) is 2.52. The van der Waals surface area contributed by atoms with E-state index in [-0.39, 0.29) is 6.61 Å². The van der Waals surface area contributed by atoms with Gasteiger partial charge in [0.2, 0.25) is 0 Å². The van der Waals surface area contributed by atoms with Gasteiger partial charge in [0, 0.05) is 26.2 Å². The van der Waals surface area contributed by atoms with Gasteiger partial charge >= 0.3 is 0 Å². The third-order valence-electron chi connectivity index (χ3n) is 3.47. The fourth-order valence-corrected chi connectivity index (χ4v) is 2.51. The van der Waals surface area contributed by atoms with Crippen LogP contribution < -0.4 is 10.2 Å². The number of aliphatic hydroxyl groups is 1. The van der Waals surface area contributed by atoms with Gasteiger partial charge in [0.25, 0.3) is 0 Å². The Balaban J connectivity index is 1.93. The van der Waals surface area contributed by atoms with Crippen LogP contribution in [-0.4, -0.2) is 41.8 Å². The van der Waals surface area contributed by atoms with Crippen molar-refractivity contribution in [3.05, 3.63) is 12.4 Å². The van der Waals surface area contributed by atoms with Crippen LogP contribution in [0.5, 0.6) is 0 Å². The summed E-state index contributed by atoms with van der Waals surface area (Å²) in [7, 11) is 2.08. The maximum Gasteiger partial charge on any atom is 0.133 e. The maximum absolute atomic E-state index is 8.78. The molecule has 1 saturated carbocycles. The Hall–Kier alpha value is -1.36. The molecule has 1 aromatic rings. The van der Waals surface area contributed by atoms with Crippen LogP contribution in [0.1, 0.15) is 25.7 Å². The van der Waals surface area contributed by atoms with E-state index in [0.717, 1.165) is 24.1 Å². The van der Waals surface area contributed by atoms with Crippen LogP contribution in [0, 0.1) is 5.92 Å². The molecule has 5 nitrogen and oxygen atoms in total. The van der Waals surface area contributed by atoms with Gasteiger partial charge in [-0.3, -0.25) is 0 Å². The van der Waals surface area contributed by atoms with E-state index in [9.17, 15) is 0 Å². The molecule has 0 spiro atoms. The number of nitrogens with zero attached hydrogens (tertiary/aromatic N) is 3. The molecule has 0 radical (unpaired) electrons. The summed E-state index contributed by atoms with van der Waals surface area (Å²) in [5.41, 5.74) is 0. The normalized spacial score (nSPS) is 15.9. The molecule has 5 heteroatoms. The van der Waals surface area contributed by atoms with Gasteiger partial charge in [-0.1, -0.05) is 12.8 Å². The van der Waals surface area contributed by atoms with Crippen LogP contribution in [0.4, 0.5) is 11.6 Å². The summed E-state index contributed by atoms with van der Waals surface area (Å²) in [6.07, 6.45) is 6.98. The molecule has 0 saturated heterocycles. The summed E-state index contributed by atoms with van der Waals surface area (Å²) < 4.78 is 0. The second-order valence-electron chi connectivity index (χ2n) is 4.94. The first-order valence-corrected chi connectivity index (χ1v) is 6.67. The standard InChI is InChI=1S/C13H22N4O/c1-17(9-11-4-2-3-5-11)13-8-12(14-6-7-18)15-10-16-13/h8,10-11,18H,2-7,9H2,1H3,(H,14,15,16). The van der Waals surface area contributed by atoms with Crippen molar-refractivity contribution in [2.24, 2.45) is 5.92 Å². The predicted octanol–water partition coefficient (Wildman–Crippen LogP) is 1.51. The quantitative estimate of drug-likeness (QED) is 0.801. The van der Waals surface area contributed by atoms with E-state index in [4.69, 9.17) is 5.11 Å². The van der Waals surface area contributed by atoms with E-state index in [1.807, 2.05) is 6.07 Å². The molecule has 0 amide bonds. The Morgan fingerprint density at radius 3 is 2.89 bits per heavy atom. The second kappa shape index (κ2) is 6.54. The van der Waals surface area contributed by atoms with Crippen LogP contribution in [0.25, 0.3) is 0 Å². The number of hydrogen-bond acceptors (Lipinski definition) is 5. The highest BCUT2D eigenvalue weighted by Gasteiger charge is 2.17. The molecule has 1 aliphatic rings. The fourth-order valence-electron chi connectivity index (χ4n) is 2.51. The van der Waals surface area contributed by atoms with Crippen molar-refractivity contribution in [3.8, 4) is 0 Å². The van der Waals surface area contributed by atoms with Gasteiger partial charge in [0.15, 0.2) is 0 Å². The lowest BCUT2D eigenvalue weighted by atomic mass is 10.1. The van der Waals surface area contributed by atoms with Crippen molar-refractivity contribution in [3.63, 3.8) is 0 Å². The van der Waals surface area contributed by atoms with Gasteiger partial charge in [-0.25, -0.2) is 9.97 Å². The largest absolute Gasteiger partial charge is 0.395 e. The highest BCUT2D eigenvalue weighted by Crippen LogP contribution is 2.26. The molecule has 1 fully saturated rings. The Bertz CT molecular complexity index is 366. The molecule has 1 aliphatic carbocycles. The number of aliphatic hydroxyl groups excluding tert-OH is 1. The Morgan fingerprint density at radius 2 is 2.17 bits per heavy atom. The molecule has 0 bridgehead atoms. The molecule has 2 rings (SSSR count). The Morgan fingerprint density at radius 1 is 1.39 bits per heavy atom. The fraction of sp³-hybridized carbons (Fsp3) is 0.692. The summed E-state index contributed by atoms with van der Waals surface area (Å²) in [4.78, 5) is 10.6. The highest BCUT2D eigenvalue weighted by molar-refractivity contribution is 5.47. The third kappa shape index (κ3) is 3.57. The topological polar surface area (TPSA) is 61.3 Å². The SMILES string of the molecule is CN(CC1CCCC1)c1cc(NCCO)ncn1. The summed E-state index contributed by atoms with van der Waals surface area (Å²) >= 11 is 0. The van der Waals surface area contributed by atoms with E-state index in [1.165, 1.54) is 25.7 Å². The molecular formula is C13H22N4O. The molecule has 0 aliphatic heterocycles. The van der Waals surface area contributed by atoms with Gasteiger partial charge in [-0.15, -0.1) is 0 Å². The first-order chi connectivity index (χ1) is 8.79. The van der Waals surface area contributed by atoms with Crippen molar-refractivity contribution in [2.45, 2.75) is 25.7 Å². The van der Waals surface area contributed by atoms with Crippen LogP contribution in [0.2, 0.25) is 0 Å². The van der Waals surface area contributed by atoms with Crippen LogP contribution >= 0.6 is 0 Å². The second-order valence-corrected chi connectivity index (χ2v) is 4.94. The number of anilines is 2. The monoisotopic (exact) mass is 250 g/mol. The summed E-state index contributed by atoms with van der Waals surface area (Å²) in [6.45, 7) is 1.69. The molecular weight excluding hydrogens is 228 g/mol. The average Bonchev–Trinajstić information content (AvgIpc) is 2.89. The average molecular weight is 250 g/mol. The molecule has 18 heavy (non-hydrogen) atoms. The zero-order valence-corrected chi connectivity index (χ0v) is 11.0. The molecule has 1 heterocycles. The van der Waals surface area contributed by atoms with Gasteiger partial charge in [-0.2, -0.15) is 0 Å². The lowest BCUT2D eigenvalue weighted by molar-refractivity contribution is 0.311. The Labute approximate surface area is 108 Å². The molecule has 100 valence electrons. The number of hydrogen-bond donors (Lipinski definition) is 2. The van der Waals surface area contributed by atoms with E-state index >= 15 is 0 Å². The molecule has 0 aromatic carbocycles. The minimum atomic E-state index is 0.108. The van der Waals surface area contributed by atoms with E-state index in [0.29, 0.717) is 6.54 Å². The van der Waals surface area contributed by atoms with Crippen molar-refractivity contribution < 1.29 is 5.11 Å².